The molecule has 0 bridgehead atoms. The second-order valence-corrected chi connectivity index (χ2v) is 6.10. The zero-order chi connectivity index (χ0) is 14.3. The molecule has 3 rings (SSSR count). The summed E-state index contributed by atoms with van der Waals surface area (Å²) in [7, 11) is 0. The van der Waals surface area contributed by atoms with Crippen LogP contribution in [0.3, 0.4) is 0 Å². The highest BCUT2D eigenvalue weighted by atomic mass is 16.6. The molecule has 1 unspecified atom stereocenters. The first-order chi connectivity index (χ1) is 9.46. The van der Waals surface area contributed by atoms with Crippen molar-refractivity contribution in [3.05, 3.63) is 22.2 Å². The highest BCUT2D eigenvalue weighted by molar-refractivity contribution is 5.93. The van der Waals surface area contributed by atoms with Crippen LogP contribution in [0.25, 0.3) is 11.0 Å². The molecule has 0 spiro atoms. The summed E-state index contributed by atoms with van der Waals surface area (Å²) in [5, 5.41) is 21.8. The van der Waals surface area contributed by atoms with E-state index in [1.807, 2.05) is 0 Å². The molecule has 106 valence electrons. The molecule has 1 atom stereocenters. The van der Waals surface area contributed by atoms with E-state index >= 15 is 0 Å². The zero-order valence-corrected chi connectivity index (χ0v) is 11.4. The molecule has 0 aliphatic heterocycles. The van der Waals surface area contributed by atoms with Crippen LogP contribution in [0.2, 0.25) is 0 Å². The fourth-order valence-electron chi connectivity index (χ4n) is 2.90. The third kappa shape index (κ3) is 2.19. The first-order valence-electron chi connectivity index (χ1n) is 6.62. The van der Waals surface area contributed by atoms with Gasteiger partial charge in [-0.25, -0.2) is 4.63 Å². The molecule has 1 aromatic heterocycles. The lowest BCUT2D eigenvalue weighted by molar-refractivity contribution is -0.383. The van der Waals surface area contributed by atoms with Crippen LogP contribution in [0.15, 0.2) is 16.8 Å². The first kappa shape index (κ1) is 12.8. The van der Waals surface area contributed by atoms with E-state index < -0.39 is 4.92 Å². The number of non-ortho nitro benzene ring substituents is 1. The standard InChI is InChI=1S/C13H16N4O3/c1-13(2)6-5-8(7-13)14-9-3-4-10(17(18)19)12-11(9)15-20-16-12/h3-4,8,14H,5-7H2,1-2H3. The first-order valence-corrected chi connectivity index (χ1v) is 6.62. The molecule has 7 nitrogen and oxygen atoms in total. The van der Waals surface area contributed by atoms with Crippen molar-refractivity contribution in [1.29, 1.82) is 0 Å². The molecule has 0 radical (unpaired) electrons. The summed E-state index contributed by atoms with van der Waals surface area (Å²) in [6, 6.07) is 3.47. The van der Waals surface area contributed by atoms with Gasteiger partial charge in [0, 0.05) is 12.1 Å². The average molecular weight is 276 g/mol. The van der Waals surface area contributed by atoms with Crippen molar-refractivity contribution < 1.29 is 9.55 Å². The maximum atomic E-state index is 10.9. The van der Waals surface area contributed by atoms with Crippen LogP contribution in [0.1, 0.15) is 33.1 Å². The molecule has 1 aliphatic rings. The normalized spacial score (nSPS) is 21.2. The highest BCUT2D eigenvalue weighted by Crippen LogP contribution is 2.39. The van der Waals surface area contributed by atoms with Gasteiger partial charge in [0.25, 0.3) is 0 Å². The van der Waals surface area contributed by atoms with Crippen LogP contribution in [0.4, 0.5) is 11.4 Å². The lowest BCUT2D eigenvalue weighted by Crippen LogP contribution is -2.17. The van der Waals surface area contributed by atoms with Crippen LogP contribution in [0.5, 0.6) is 0 Å². The van der Waals surface area contributed by atoms with Gasteiger partial charge >= 0.3 is 5.69 Å². The number of nitrogens with one attached hydrogen (secondary N) is 1. The van der Waals surface area contributed by atoms with E-state index in [1.165, 1.54) is 6.07 Å². The van der Waals surface area contributed by atoms with Crippen molar-refractivity contribution in [3.63, 3.8) is 0 Å². The lowest BCUT2D eigenvalue weighted by atomic mass is 9.92. The molecule has 1 saturated carbocycles. The van der Waals surface area contributed by atoms with Crippen molar-refractivity contribution in [1.82, 2.24) is 10.3 Å². The minimum Gasteiger partial charge on any atom is -0.380 e. The predicted octanol–water partition coefficient (Wildman–Crippen LogP) is 3.12. The maximum absolute atomic E-state index is 10.9. The van der Waals surface area contributed by atoms with Crippen LogP contribution >= 0.6 is 0 Å². The van der Waals surface area contributed by atoms with Gasteiger partial charge in [-0.05, 0) is 41.1 Å². The molecule has 1 heterocycles. The Labute approximate surface area is 115 Å². The number of anilines is 1. The van der Waals surface area contributed by atoms with Crippen molar-refractivity contribution in [2.45, 2.75) is 39.2 Å². The second-order valence-electron chi connectivity index (χ2n) is 6.10. The Morgan fingerprint density at radius 2 is 2.15 bits per heavy atom. The number of aromatic nitrogens is 2. The zero-order valence-electron chi connectivity index (χ0n) is 11.4. The molecular weight excluding hydrogens is 260 g/mol. The third-order valence-electron chi connectivity index (χ3n) is 3.92. The topological polar surface area (TPSA) is 94.1 Å². The van der Waals surface area contributed by atoms with Crippen LogP contribution in [-0.4, -0.2) is 21.3 Å². The van der Waals surface area contributed by atoms with E-state index in [2.05, 4.69) is 34.1 Å². The second kappa shape index (κ2) is 4.43. The van der Waals surface area contributed by atoms with Gasteiger partial charge in [0.05, 0.1) is 10.6 Å². The molecular formula is C13H16N4O3. The number of hydrogen-bond acceptors (Lipinski definition) is 6. The Bertz CT molecular complexity index is 665. The van der Waals surface area contributed by atoms with Gasteiger partial charge in [0.1, 0.15) is 0 Å². The Kier molecular flexibility index (Phi) is 2.84. The number of nitrogens with zero attached hydrogens (tertiary/aromatic N) is 3. The summed E-state index contributed by atoms with van der Waals surface area (Å²) in [6.45, 7) is 4.50. The van der Waals surface area contributed by atoms with Crippen molar-refractivity contribution in [3.8, 4) is 0 Å². The van der Waals surface area contributed by atoms with Gasteiger partial charge in [0.2, 0.25) is 5.52 Å². The number of rotatable bonds is 3. The van der Waals surface area contributed by atoms with Gasteiger partial charge in [0.15, 0.2) is 5.52 Å². The van der Waals surface area contributed by atoms with Gasteiger partial charge in [-0.2, -0.15) is 0 Å². The molecule has 1 N–H and O–H groups in total. The van der Waals surface area contributed by atoms with E-state index in [1.54, 1.807) is 6.07 Å². The van der Waals surface area contributed by atoms with Crippen molar-refractivity contribution in [2.24, 2.45) is 5.41 Å². The summed E-state index contributed by atoms with van der Waals surface area (Å²) in [6.07, 6.45) is 3.31. The maximum Gasteiger partial charge on any atom is 0.300 e. The van der Waals surface area contributed by atoms with Crippen molar-refractivity contribution in [2.75, 3.05) is 5.32 Å². The third-order valence-corrected chi connectivity index (χ3v) is 3.92. The quantitative estimate of drug-likeness (QED) is 0.683. The minimum atomic E-state index is -0.477. The molecule has 1 aliphatic carbocycles. The average Bonchev–Trinajstić information content (AvgIpc) is 2.96. The smallest absolute Gasteiger partial charge is 0.300 e. The Morgan fingerprint density at radius 1 is 1.40 bits per heavy atom. The summed E-state index contributed by atoms with van der Waals surface area (Å²) < 4.78 is 4.66. The minimum absolute atomic E-state index is 0.0847. The number of benzene rings is 1. The largest absolute Gasteiger partial charge is 0.380 e. The predicted molar refractivity (Wildman–Crippen MR) is 73.5 cm³/mol. The number of fused-ring (bicyclic) bond motifs is 1. The molecule has 20 heavy (non-hydrogen) atoms. The molecule has 2 aromatic rings. The summed E-state index contributed by atoms with van der Waals surface area (Å²) in [4.78, 5) is 10.5. The van der Waals surface area contributed by atoms with Gasteiger partial charge in [-0.3, -0.25) is 10.1 Å². The fraction of sp³-hybridized carbons (Fsp3) is 0.538. The van der Waals surface area contributed by atoms with Crippen LogP contribution in [0, 0.1) is 15.5 Å². The van der Waals surface area contributed by atoms with E-state index in [9.17, 15) is 10.1 Å². The van der Waals surface area contributed by atoms with E-state index in [0.29, 0.717) is 17.0 Å². The Hall–Kier alpha value is -2.18. The van der Waals surface area contributed by atoms with Gasteiger partial charge in [-0.15, -0.1) is 0 Å². The monoisotopic (exact) mass is 276 g/mol. The highest BCUT2D eigenvalue weighted by Gasteiger charge is 2.31. The van der Waals surface area contributed by atoms with Crippen LogP contribution in [-0.2, 0) is 0 Å². The van der Waals surface area contributed by atoms with E-state index in [4.69, 9.17) is 0 Å². The van der Waals surface area contributed by atoms with Gasteiger partial charge in [-0.1, -0.05) is 13.8 Å². The molecule has 0 amide bonds. The number of hydrogen-bond donors (Lipinski definition) is 1. The SMILES string of the molecule is CC1(C)CCC(Nc2ccc([N+](=O)[O-])c3nonc23)C1. The van der Waals surface area contributed by atoms with E-state index in [0.717, 1.165) is 24.9 Å². The lowest BCUT2D eigenvalue weighted by Gasteiger charge is -2.18. The number of nitro groups is 1. The Morgan fingerprint density at radius 3 is 2.80 bits per heavy atom. The summed E-state index contributed by atoms with van der Waals surface area (Å²) >= 11 is 0. The molecule has 1 aromatic carbocycles. The summed E-state index contributed by atoms with van der Waals surface area (Å²) in [5.74, 6) is 0. The van der Waals surface area contributed by atoms with E-state index in [-0.39, 0.29) is 11.2 Å². The summed E-state index contributed by atoms with van der Waals surface area (Å²) in [5.41, 5.74) is 1.61. The molecule has 0 saturated heterocycles. The van der Waals surface area contributed by atoms with Gasteiger partial charge < -0.3 is 5.32 Å². The number of nitro benzene ring substituents is 1. The fourth-order valence-corrected chi connectivity index (χ4v) is 2.90. The molecule has 1 fully saturated rings. The Balaban J connectivity index is 1.92. The molecule has 7 heteroatoms. The van der Waals surface area contributed by atoms with Crippen LogP contribution < -0.4 is 5.32 Å². The van der Waals surface area contributed by atoms with Crippen molar-refractivity contribution >= 4 is 22.4 Å².